The Morgan fingerprint density at radius 2 is 2.03 bits per heavy atom. The number of aromatic nitrogens is 2. The van der Waals surface area contributed by atoms with E-state index in [1.807, 2.05) is 42.5 Å². The lowest BCUT2D eigenvalue weighted by atomic mass is 10.2. The number of hydrogen-bond donors (Lipinski definition) is 3. The molecule has 0 bridgehead atoms. The lowest BCUT2D eigenvalue weighted by Gasteiger charge is -2.16. The summed E-state index contributed by atoms with van der Waals surface area (Å²) in [6.45, 7) is 4.65. The normalized spacial score (nSPS) is 15.9. The van der Waals surface area contributed by atoms with Gasteiger partial charge in [0.05, 0.1) is 19.5 Å². The highest BCUT2D eigenvalue weighted by atomic mass is 16.5. The SMILES string of the molecule is COc1ccc(Nc2nccc(NCC3=CC=CCC(O)=C3)n2)cc1OCCCN1CCCC1. The zero-order valence-corrected chi connectivity index (χ0v) is 19.7. The highest BCUT2D eigenvalue weighted by Gasteiger charge is 2.12. The molecule has 0 radical (unpaired) electrons. The highest BCUT2D eigenvalue weighted by molar-refractivity contribution is 5.60. The van der Waals surface area contributed by atoms with Crippen LogP contribution in [0.2, 0.25) is 0 Å². The number of methoxy groups -OCH3 is 1. The van der Waals surface area contributed by atoms with Gasteiger partial charge < -0.3 is 30.1 Å². The second-order valence-electron chi connectivity index (χ2n) is 8.37. The van der Waals surface area contributed by atoms with Gasteiger partial charge in [-0.15, -0.1) is 0 Å². The van der Waals surface area contributed by atoms with Gasteiger partial charge in [-0.1, -0.05) is 18.2 Å². The van der Waals surface area contributed by atoms with Crippen LogP contribution in [0.5, 0.6) is 11.5 Å². The minimum absolute atomic E-state index is 0.348. The van der Waals surface area contributed by atoms with E-state index >= 15 is 0 Å². The molecule has 1 aliphatic carbocycles. The van der Waals surface area contributed by atoms with Crippen molar-refractivity contribution in [2.75, 3.05) is 50.5 Å². The maximum atomic E-state index is 9.83. The predicted octanol–water partition coefficient (Wildman–Crippen LogP) is 4.83. The van der Waals surface area contributed by atoms with E-state index in [9.17, 15) is 5.11 Å². The highest BCUT2D eigenvalue weighted by Crippen LogP contribution is 2.31. The molecule has 180 valence electrons. The van der Waals surface area contributed by atoms with Crippen LogP contribution >= 0.6 is 0 Å². The maximum absolute atomic E-state index is 9.83. The van der Waals surface area contributed by atoms with Gasteiger partial charge >= 0.3 is 0 Å². The third-order valence-electron chi connectivity index (χ3n) is 5.75. The summed E-state index contributed by atoms with van der Waals surface area (Å²) >= 11 is 0. The molecule has 0 unspecified atom stereocenters. The molecule has 2 aromatic rings. The molecule has 1 aliphatic heterocycles. The second-order valence-corrected chi connectivity index (χ2v) is 8.37. The summed E-state index contributed by atoms with van der Waals surface area (Å²) in [6.07, 6.45) is 13.5. The first kappa shape index (κ1) is 23.6. The van der Waals surface area contributed by atoms with E-state index in [1.165, 1.54) is 25.9 Å². The minimum atomic E-state index is 0.348. The number of rotatable bonds is 11. The van der Waals surface area contributed by atoms with Gasteiger partial charge in [0, 0.05) is 37.5 Å². The smallest absolute Gasteiger partial charge is 0.229 e. The van der Waals surface area contributed by atoms with Gasteiger partial charge in [0.1, 0.15) is 5.82 Å². The Balaban J connectivity index is 1.34. The number of likely N-dealkylation sites (tertiary alicyclic amines) is 1. The minimum Gasteiger partial charge on any atom is -0.512 e. The molecule has 8 heteroatoms. The number of anilines is 3. The molecule has 2 aliphatic rings. The summed E-state index contributed by atoms with van der Waals surface area (Å²) < 4.78 is 11.5. The molecule has 4 rings (SSSR count). The van der Waals surface area contributed by atoms with Crippen LogP contribution in [-0.2, 0) is 0 Å². The second kappa shape index (κ2) is 12.1. The van der Waals surface area contributed by atoms with Crippen LogP contribution in [0.15, 0.2) is 66.1 Å². The zero-order chi connectivity index (χ0) is 23.6. The van der Waals surface area contributed by atoms with Crippen molar-refractivity contribution in [3.63, 3.8) is 0 Å². The predicted molar refractivity (Wildman–Crippen MR) is 135 cm³/mol. The third kappa shape index (κ3) is 6.99. The van der Waals surface area contributed by atoms with Crippen molar-refractivity contribution in [2.45, 2.75) is 25.7 Å². The maximum Gasteiger partial charge on any atom is 0.229 e. The largest absolute Gasteiger partial charge is 0.512 e. The van der Waals surface area contributed by atoms with Crippen LogP contribution in [0.25, 0.3) is 0 Å². The van der Waals surface area contributed by atoms with E-state index in [4.69, 9.17) is 9.47 Å². The van der Waals surface area contributed by atoms with Gasteiger partial charge in [0.15, 0.2) is 11.5 Å². The Morgan fingerprint density at radius 1 is 1.15 bits per heavy atom. The van der Waals surface area contributed by atoms with Gasteiger partial charge in [-0.05, 0) is 62.2 Å². The molecular formula is C26H33N5O3. The molecule has 3 N–H and O–H groups in total. The average molecular weight is 464 g/mol. The molecule has 0 amide bonds. The Bertz CT molecular complexity index is 1040. The molecule has 34 heavy (non-hydrogen) atoms. The molecule has 1 saturated heterocycles. The lowest BCUT2D eigenvalue weighted by Crippen LogP contribution is -2.21. The van der Waals surface area contributed by atoms with Crippen LogP contribution in [0.3, 0.4) is 0 Å². The van der Waals surface area contributed by atoms with Gasteiger partial charge in [-0.2, -0.15) is 4.98 Å². The van der Waals surface area contributed by atoms with E-state index in [0.29, 0.717) is 48.6 Å². The molecular weight excluding hydrogens is 430 g/mol. The van der Waals surface area contributed by atoms with E-state index in [2.05, 4.69) is 25.5 Å². The number of nitrogens with one attached hydrogen (secondary N) is 2. The van der Waals surface area contributed by atoms with Crippen LogP contribution in [0.4, 0.5) is 17.5 Å². The van der Waals surface area contributed by atoms with Crippen LogP contribution < -0.4 is 20.1 Å². The standard InChI is InChI=1S/C26H33N5O3/c1-33-23-10-9-21(18-24(23)34-16-6-15-31-13-4-5-14-31)29-26-27-12-11-25(30-26)28-19-20-7-2-3-8-22(32)17-20/h2-3,7,9-12,17-18,32H,4-6,8,13-16,19H2,1H3,(H2,27,28,29,30). The van der Waals surface area contributed by atoms with Crippen molar-refractivity contribution in [3.05, 3.63) is 66.1 Å². The van der Waals surface area contributed by atoms with E-state index < -0.39 is 0 Å². The Labute approximate surface area is 201 Å². The van der Waals surface area contributed by atoms with Gasteiger partial charge in [-0.25, -0.2) is 4.98 Å². The number of allylic oxidation sites excluding steroid dienone is 3. The molecule has 1 aromatic carbocycles. The van der Waals surface area contributed by atoms with Crippen molar-refractivity contribution in [1.82, 2.24) is 14.9 Å². The molecule has 8 nitrogen and oxygen atoms in total. The first-order valence-corrected chi connectivity index (χ1v) is 11.8. The molecule has 0 spiro atoms. The fourth-order valence-corrected chi connectivity index (χ4v) is 3.99. The van der Waals surface area contributed by atoms with E-state index in [1.54, 1.807) is 19.4 Å². The van der Waals surface area contributed by atoms with Gasteiger partial charge in [0.2, 0.25) is 5.95 Å². The summed E-state index contributed by atoms with van der Waals surface area (Å²) in [5.74, 6) is 2.91. The molecule has 1 aromatic heterocycles. The summed E-state index contributed by atoms with van der Waals surface area (Å²) in [5.41, 5.74) is 1.79. The van der Waals surface area contributed by atoms with E-state index in [-0.39, 0.29) is 0 Å². The van der Waals surface area contributed by atoms with Crippen LogP contribution in [-0.4, -0.2) is 59.9 Å². The lowest BCUT2D eigenvalue weighted by molar-refractivity contribution is 0.254. The fraction of sp³-hybridized carbons (Fsp3) is 0.385. The van der Waals surface area contributed by atoms with Gasteiger partial charge in [-0.3, -0.25) is 0 Å². The number of aliphatic hydroxyl groups is 1. The molecule has 2 heterocycles. The quantitative estimate of drug-likeness (QED) is 0.408. The number of hydrogen-bond acceptors (Lipinski definition) is 8. The molecule has 0 saturated carbocycles. The summed E-state index contributed by atoms with van der Waals surface area (Å²) in [6, 6.07) is 7.51. The monoisotopic (exact) mass is 463 g/mol. The van der Waals surface area contributed by atoms with Crippen molar-refractivity contribution >= 4 is 17.5 Å². The number of ether oxygens (including phenoxy) is 2. The van der Waals surface area contributed by atoms with Crippen molar-refractivity contribution in [2.24, 2.45) is 0 Å². The van der Waals surface area contributed by atoms with Crippen molar-refractivity contribution in [1.29, 1.82) is 0 Å². The Morgan fingerprint density at radius 3 is 2.88 bits per heavy atom. The number of nitrogens with zero attached hydrogens (tertiary/aromatic N) is 3. The Hall–Kier alpha value is -3.52. The third-order valence-corrected chi connectivity index (χ3v) is 5.75. The molecule has 0 atom stereocenters. The van der Waals surface area contributed by atoms with E-state index in [0.717, 1.165) is 24.2 Å². The summed E-state index contributed by atoms with van der Waals surface area (Å²) in [5, 5.41) is 16.3. The van der Waals surface area contributed by atoms with Crippen LogP contribution in [0.1, 0.15) is 25.7 Å². The molecule has 1 fully saturated rings. The summed E-state index contributed by atoms with van der Waals surface area (Å²) in [4.78, 5) is 11.4. The summed E-state index contributed by atoms with van der Waals surface area (Å²) in [7, 11) is 1.65. The average Bonchev–Trinajstić information content (AvgIpc) is 3.28. The van der Waals surface area contributed by atoms with Crippen molar-refractivity contribution < 1.29 is 14.6 Å². The zero-order valence-electron chi connectivity index (χ0n) is 19.7. The van der Waals surface area contributed by atoms with Gasteiger partial charge in [0.25, 0.3) is 0 Å². The van der Waals surface area contributed by atoms with Crippen LogP contribution in [0, 0.1) is 0 Å². The Kier molecular flexibility index (Phi) is 8.40. The van der Waals surface area contributed by atoms with Crippen molar-refractivity contribution in [3.8, 4) is 11.5 Å². The first-order valence-electron chi connectivity index (χ1n) is 11.8. The first-order chi connectivity index (χ1) is 16.7. The number of benzene rings is 1. The topological polar surface area (TPSA) is 91.8 Å². The number of aliphatic hydroxyl groups excluding tert-OH is 1. The fourth-order valence-electron chi connectivity index (χ4n) is 3.99.